The highest BCUT2D eigenvalue weighted by Gasteiger charge is 2.25. The number of carbonyl (C=O) groups excluding carboxylic acids is 1. The van der Waals surface area contributed by atoms with E-state index in [0.29, 0.717) is 6.54 Å². The van der Waals surface area contributed by atoms with Crippen LogP contribution >= 0.6 is 0 Å². The second kappa shape index (κ2) is 10.0. The standard InChI is InChI=1S/C26H34N4O2/c31-26(27-24-8-10-30(19-24)17-21-4-2-1-3-5-21)20-29-13-11-28(12-14-29)18-22-6-7-25-23(16-22)9-15-32-25/h1-7,16,24H,8-15,17-20H2,(H,27,31)/t24-/m0/s1. The van der Waals surface area contributed by atoms with Gasteiger partial charge in [0.15, 0.2) is 0 Å². The van der Waals surface area contributed by atoms with Gasteiger partial charge < -0.3 is 10.1 Å². The van der Waals surface area contributed by atoms with Crippen LogP contribution in [-0.4, -0.2) is 79.1 Å². The molecule has 2 fully saturated rings. The summed E-state index contributed by atoms with van der Waals surface area (Å²) in [6.45, 7) is 9.18. The number of hydrogen-bond acceptors (Lipinski definition) is 5. The van der Waals surface area contributed by atoms with Crippen LogP contribution in [0.25, 0.3) is 0 Å². The summed E-state index contributed by atoms with van der Waals surface area (Å²) in [5.74, 6) is 1.22. The minimum absolute atomic E-state index is 0.170. The average Bonchev–Trinajstić information content (AvgIpc) is 3.45. The summed E-state index contributed by atoms with van der Waals surface area (Å²) in [5, 5.41) is 3.27. The predicted octanol–water partition coefficient (Wildman–Crippen LogP) is 2.13. The highest BCUT2D eigenvalue weighted by Crippen LogP contribution is 2.26. The van der Waals surface area contributed by atoms with Crippen molar-refractivity contribution in [3.05, 3.63) is 65.2 Å². The van der Waals surface area contributed by atoms with E-state index >= 15 is 0 Å². The zero-order chi connectivity index (χ0) is 21.8. The Balaban J connectivity index is 1.01. The molecule has 0 aliphatic carbocycles. The highest BCUT2D eigenvalue weighted by molar-refractivity contribution is 5.78. The zero-order valence-electron chi connectivity index (χ0n) is 18.8. The molecule has 0 saturated carbocycles. The van der Waals surface area contributed by atoms with E-state index in [9.17, 15) is 4.79 Å². The average molecular weight is 435 g/mol. The smallest absolute Gasteiger partial charge is 0.234 e. The topological polar surface area (TPSA) is 48.1 Å². The number of nitrogens with zero attached hydrogens (tertiary/aromatic N) is 3. The molecule has 2 saturated heterocycles. The van der Waals surface area contributed by atoms with E-state index in [1.807, 2.05) is 0 Å². The second-order valence-electron chi connectivity index (χ2n) is 9.37. The minimum Gasteiger partial charge on any atom is -0.493 e. The summed E-state index contributed by atoms with van der Waals surface area (Å²) in [7, 11) is 0. The minimum atomic E-state index is 0.170. The van der Waals surface area contributed by atoms with Crippen molar-refractivity contribution in [1.82, 2.24) is 20.0 Å². The lowest BCUT2D eigenvalue weighted by molar-refractivity contribution is -0.123. The van der Waals surface area contributed by atoms with Crippen LogP contribution in [0.4, 0.5) is 0 Å². The van der Waals surface area contributed by atoms with E-state index in [1.165, 1.54) is 16.7 Å². The molecule has 1 atom stereocenters. The molecule has 0 radical (unpaired) electrons. The van der Waals surface area contributed by atoms with Gasteiger partial charge in [0, 0.05) is 64.8 Å². The first-order valence-corrected chi connectivity index (χ1v) is 12.0. The van der Waals surface area contributed by atoms with E-state index < -0.39 is 0 Å². The van der Waals surface area contributed by atoms with Gasteiger partial charge in [0.1, 0.15) is 5.75 Å². The summed E-state index contributed by atoms with van der Waals surface area (Å²) >= 11 is 0. The maximum Gasteiger partial charge on any atom is 0.234 e. The lowest BCUT2D eigenvalue weighted by atomic mass is 10.1. The molecule has 3 heterocycles. The molecule has 0 bridgehead atoms. The van der Waals surface area contributed by atoms with Gasteiger partial charge in [-0.2, -0.15) is 0 Å². The molecule has 1 amide bonds. The number of carbonyl (C=O) groups is 1. The number of rotatable bonds is 7. The van der Waals surface area contributed by atoms with E-state index in [0.717, 1.165) is 77.6 Å². The SMILES string of the molecule is O=C(CN1CCN(Cc2ccc3c(c2)CCO3)CC1)N[C@H]1CCN(Cc2ccccc2)C1. The molecular formula is C26H34N4O2. The molecule has 0 aromatic heterocycles. The van der Waals surface area contributed by atoms with Gasteiger partial charge in [-0.15, -0.1) is 0 Å². The predicted molar refractivity (Wildman–Crippen MR) is 126 cm³/mol. The molecule has 0 spiro atoms. The summed E-state index contributed by atoms with van der Waals surface area (Å²) in [6, 6.07) is 17.4. The molecule has 3 aliphatic rings. The van der Waals surface area contributed by atoms with E-state index in [2.05, 4.69) is 68.5 Å². The number of likely N-dealkylation sites (tertiary alicyclic amines) is 1. The lowest BCUT2D eigenvalue weighted by Crippen LogP contribution is -2.50. The number of hydrogen-bond donors (Lipinski definition) is 1. The largest absolute Gasteiger partial charge is 0.493 e. The quantitative estimate of drug-likeness (QED) is 0.724. The van der Waals surface area contributed by atoms with Crippen LogP contribution < -0.4 is 10.1 Å². The van der Waals surface area contributed by atoms with Gasteiger partial charge in [-0.1, -0.05) is 42.5 Å². The first-order chi connectivity index (χ1) is 15.7. The molecule has 5 rings (SSSR count). The van der Waals surface area contributed by atoms with Crippen molar-refractivity contribution in [3.63, 3.8) is 0 Å². The number of amides is 1. The molecule has 2 aromatic carbocycles. The van der Waals surface area contributed by atoms with Crippen molar-refractivity contribution in [1.29, 1.82) is 0 Å². The molecule has 6 heteroatoms. The molecule has 1 N–H and O–H groups in total. The molecular weight excluding hydrogens is 400 g/mol. The van der Waals surface area contributed by atoms with E-state index in [4.69, 9.17) is 4.74 Å². The van der Waals surface area contributed by atoms with Crippen molar-refractivity contribution in [2.45, 2.75) is 32.0 Å². The van der Waals surface area contributed by atoms with Gasteiger partial charge in [-0.25, -0.2) is 0 Å². The summed E-state index contributed by atoms with van der Waals surface area (Å²) < 4.78 is 5.61. The van der Waals surface area contributed by atoms with Crippen LogP contribution in [0.1, 0.15) is 23.1 Å². The lowest BCUT2D eigenvalue weighted by Gasteiger charge is -2.34. The first-order valence-electron chi connectivity index (χ1n) is 12.0. The van der Waals surface area contributed by atoms with Gasteiger partial charge in [0.2, 0.25) is 5.91 Å². The highest BCUT2D eigenvalue weighted by atomic mass is 16.5. The number of piperazine rings is 1. The van der Waals surface area contributed by atoms with Crippen molar-refractivity contribution in [2.75, 3.05) is 52.4 Å². The third kappa shape index (κ3) is 5.49. The normalized spacial score (nSPS) is 21.9. The molecule has 6 nitrogen and oxygen atoms in total. The van der Waals surface area contributed by atoms with Gasteiger partial charge in [0.05, 0.1) is 13.2 Å². The maximum absolute atomic E-state index is 12.6. The molecule has 2 aromatic rings. The van der Waals surface area contributed by atoms with E-state index in [-0.39, 0.29) is 11.9 Å². The van der Waals surface area contributed by atoms with Crippen LogP contribution in [0.5, 0.6) is 5.75 Å². The van der Waals surface area contributed by atoms with Crippen LogP contribution in [0, 0.1) is 0 Å². The van der Waals surface area contributed by atoms with Crippen molar-refractivity contribution in [3.8, 4) is 5.75 Å². The zero-order valence-corrected chi connectivity index (χ0v) is 18.8. The fourth-order valence-electron chi connectivity index (χ4n) is 5.11. The number of fused-ring (bicyclic) bond motifs is 1. The Hall–Kier alpha value is -2.41. The fraction of sp³-hybridized carbons (Fsp3) is 0.500. The van der Waals surface area contributed by atoms with Crippen molar-refractivity contribution >= 4 is 5.91 Å². The molecule has 3 aliphatic heterocycles. The van der Waals surface area contributed by atoms with Crippen molar-refractivity contribution in [2.24, 2.45) is 0 Å². The Morgan fingerprint density at radius 3 is 2.53 bits per heavy atom. The maximum atomic E-state index is 12.6. The third-order valence-electron chi connectivity index (χ3n) is 6.88. The number of nitrogens with one attached hydrogen (secondary N) is 1. The van der Waals surface area contributed by atoms with Gasteiger partial charge >= 0.3 is 0 Å². The Kier molecular flexibility index (Phi) is 6.72. The first kappa shape index (κ1) is 21.4. The van der Waals surface area contributed by atoms with Crippen LogP contribution in [0.15, 0.2) is 48.5 Å². The monoisotopic (exact) mass is 434 g/mol. The molecule has 32 heavy (non-hydrogen) atoms. The van der Waals surface area contributed by atoms with Gasteiger partial charge in [-0.05, 0) is 29.2 Å². The third-order valence-corrected chi connectivity index (χ3v) is 6.88. The molecule has 0 unspecified atom stereocenters. The van der Waals surface area contributed by atoms with Crippen LogP contribution in [-0.2, 0) is 24.3 Å². The molecule has 170 valence electrons. The Morgan fingerprint density at radius 1 is 0.906 bits per heavy atom. The van der Waals surface area contributed by atoms with Crippen molar-refractivity contribution < 1.29 is 9.53 Å². The summed E-state index contributed by atoms with van der Waals surface area (Å²) in [6.07, 6.45) is 2.06. The second-order valence-corrected chi connectivity index (χ2v) is 9.37. The Bertz CT molecular complexity index is 911. The van der Waals surface area contributed by atoms with Gasteiger partial charge in [-0.3, -0.25) is 19.5 Å². The fourth-order valence-corrected chi connectivity index (χ4v) is 5.11. The Labute approximate surface area is 191 Å². The van der Waals surface area contributed by atoms with Crippen LogP contribution in [0.2, 0.25) is 0 Å². The van der Waals surface area contributed by atoms with Crippen LogP contribution in [0.3, 0.4) is 0 Å². The summed E-state index contributed by atoms with van der Waals surface area (Å²) in [4.78, 5) is 19.8. The van der Waals surface area contributed by atoms with E-state index in [1.54, 1.807) is 0 Å². The van der Waals surface area contributed by atoms with Gasteiger partial charge in [0.25, 0.3) is 0 Å². The number of ether oxygens (including phenoxy) is 1. The number of benzene rings is 2. The summed E-state index contributed by atoms with van der Waals surface area (Å²) in [5.41, 5.74) is 4.04. The Morgan fingerprint density at radius 2 is 1.69 bits per heavy atom.